The molecule has 0 aliphatic rings. The maximum atomic E-state index is 13.0. The first-order chi connectivity index (χ1) is 13.1. The highest BCUT2D eigenvalue weighted by molar-refractivity contribution is 7.13. The molecule has 0 saturated carbocycles. The minimum atomic E-state index is -0.444. The van der Waals surface area contributed by atoms with Crippen molar-refractivity contribution in [3.8, 4) is 11.1 Å². The van der Waals surface area contributed by atoms with Gasteiger partial charge in [-0.25, -0.2) is 4.98 Å². The van der Waals surface area contributed by atoms with Crippen molar-refractivity contribution in [3.05, 3.63) is 56.4 Å². The predicted molar refractivity (Wildman–Crippen MR) is 105 cm³/mol. The molecule has 0 bridgehead atoms. The highest BCUT2D eigenvalue weighted by atomic mass is 35.5. The summed E-state index contributed by atoms with van der Waals surface area (Å²) in [6.07, 6.45) is 1.56. The van der Waals surface area contributed by atoms with Gasteiger partial charge in [-0.15, -0.1) is 14.9 Å². The SMILES string of the molecule is COn1c(=O)c(-c2c(Cl)cccc2Cl)cc2cnc(Nc3nncs3)nc21. The second kappa shape index (κ2) is 7.10. The van der Waals surface area contributed by atoms with Gasteiger partial charge in [-0.2, -0.15) is 4.98 Å². The second-order valence-corrected chi connectivity index (χ2v) is 6.93. The summed E-state index contributed by atoms with van der Waals surface area (Å²) in [5.74, 6) is 0.257. The normalized spacial score (nSPS) is 10.9. The number of anilines is 2. The van der Waals surface area contributed by atoms with Gasteiger partial charge in [-0.1, -0.05) is 40.6 Å². The van der Waals surface area contributed by atoms with Crippen LogP contribution in [0.25, 0.3) is 22.2 Å². The highest BCUT2D eigenvalue weighted by Crippen LogP contribution is 2.33. The van der Waals surface area contributed by atoms with E-state index in [0.717, 1.165) is 4.73 Å². The molecular formula is C16H10Cl2N6O2S. The van der Waals surface area contributed by atoms with E-state index < -0.39 is 5.56 Å². The number of rotatable bonds is 4. The Morgan fingerprint density at radius 2 is 2.04 bits per heavy atom. The fourth-order valence-electron chi connectivity index (χ4n) is 2.56. The van der Waals surface area contributed by atoms with Gasteiger partial charge in [0.25, 0.3) is 5.56 Å². The zero-order valence-electron chi connectivity index (χ0n) is 13.7. The molecule has 0 aliphatic carbocycles. The number of nitrogens with zero attached hydrogens (tertiary/aromatic N) is 5. The monoisotopic (exact) mass is 420 g/mol. The smallest absolute Gasteiger partial charge is 0.293 e. The van der Waals surface area contributed by atoms with Crippen LogP contribution in [-0.4, -0.2) is 32.0 Å². The van der Waals surface area contributed by atoms with E-state index in [9.17, 15) is 4.79 Å². The Bertz CT molecular complexity index is 1180. The maximum absolute atomic E-state index is 13.0. The van der Waals surface area contributed by atoms with Crippen LogP contribution >= 0.6 is 34.5 Å². The first kappa shape index (κ1) is 17.7. The third-order valence-electron chi connectivity index (χ3n) is 3.70. The lowest BCUT2D eigenvalue weighted by atomic mass is 10.1. The molecule has 0 saturated heterocycles. The molecule has 3 aromatic heterocycles. The molecule has 1 aromatic carbocycles. The number of hydrogen-bond acceptors (Lipinski definition) is 8. The number of benzene rings is 1. The van der Waals surface area contributed by atoms with Crippen LogP contribution < -0.4 is 15.7 Å². The van der Waals surface area contributed by atoms with Crippen LogP contribution in [0.3, 0.4) is 0 Å². The van der Waals surface area contributed by atoms with Crippen molar-refractivity contribution < 1.29 is 4.84 Å². The summed E-state index contributed by atoms with van der Waals surface area (Å²) < 4.78 is 1.07. The Morgan fingerprint density at radius 3 is 2.70 bits per heavy atom. The van der Waals surface area contributed by atoms with Crippen molar-refractivity contribution in [2.75, 3.05) is 12.4 Å². The van der Waals surface area contributed by atoms with Gasteiger partial charge in [-0.3, -0.25) is 10.1 Å². The van der Waals surface area contributed by atoms with Crippen molar-refractivity contribution in [2.24, 2.45) is 0 Å². The standard InChI is InChI=1S/C16H10Cl2N6O2S/c1-26-24-13-8(6-19-15(21-13)22-16-23-20-7-27-16)5-9(14(24)25)12-10(17)3-2-4-11(12)18/h2-7H,1H3,(H,19,21,22,23). The number of aromatic nitrogens is 5. The quantitative estimate of drug-likeness (QED) is 0.540. The lowest BCUT2D eigenvalue weighted by Gasteiger charge is -2.12. The number of halogens is 2. The van der Waals surface area contributed by atoms with E-state index in [1.54, 1.807) is 36.0 Å². The molecule has 0 fully saturated rings. The number of nitrogens with one attached hydrogen (secondary N) is 1. The molecule has 3 heterocycles. The van der Waals surface area contributed by atoms with Crippen LogP contribution in [0.2, 0.25) is 10.0 Å². The molecule has 0 radical (unpaired) electrons. The van der Waals surface area contributed by atoms with E-state index in [-0.39, 0.29) is 17.2 Å². The van der Waals surface area contributed by atoms with Gasteiger partial charge < -0.3 is 4.84 Å². The third-order valence-corrected chi connectivity index (χ3v) is 4.93. The fourth-order valence-corrected chi connectivity index (χ4v) is 3.60. The molecule has 11 heteroatoms. The van der Waals surface area contributed by atoms with Crippen molar-refractivity contribution in [1.29, 1.82) is 0 Å². The number of hydrogen-bond donors (Lipinski definition) is 1. The zero-order valence-corrected chi connectivity index (χ0v) is 16.0. The lowest BCUT2D eigenvalue weighted by molar-refractivity contribution is 0.168. The Labute approximate surface area is 166 Å². The molecule has 27 heavy (non-hydrogen) atoms. The summed E-state index contributed by atoms with van der Waals surface area (Å²) in [7, 11) is 1.37. The number of fused-ring (bicyclic) bond motifs is 1. The van der Waals surface area contributed by atoms with Gasteiger partial charge in [0.1, 0.15) is 12.6 Å². The molecule has 1 N–H and O–H groups in total. The van der Waals surface area contributed by atoms with Gasteiger partial charge in [0.15, 0.2) is 5.65 Å². The van der Waals surface area contributed by atoms with Crippen LogP contribution in [0.4, 0.5) is 11.1 Å². The summed E-state index contributed by atoms with van der Waals surface area (Å²) in [6.45, 7) is 0. The summed E-state index contributed by atoms with van der Waals surface area (Å²) >= 11 is 13.8. The van der Waals surface area contributed by atoms with E-state index in [1.165, 1.54) is 18.4 Å². The van der Waals surface area contributed by atoms with Gasteiger partial charge in [0.2, 0.25) is 11.1 Å². The third kappa shape index (κ3) is 3.20. The molecule has 4 aromatic rings. The van der Waals surface area contributed by atoms with Crippen LogP contribution in [0, 0.1) is 0 Å². The molecule has 4 rings (SSSR count). The Morgan fingerprint density at radius 1 is 1.26 bits per heavy atom. The highest BCUT2D eigenvalue weighted by Gasteiger charge is 2.18. The van der Waals surface area contributed by atoms with E-state index in [4.69, 9.17) is 28.0 Å². The molecule has 136 valence electrons. The minimum absolute atomic E-state index is 0.257. The van der Waals surface area contributed by atoms with Crippen molar-refractivity contribution in [1.82, 2.24) is 24.9 Å². The van der Waals surface area contributed by atoms with Gasteiger partial charge in [0, 0.05) is 17.1 Å². The number of pyridine rings is 1. The van der Waals surface area contributed by atoms with Gasteiger partial charge in [0.05, 0.1) is 15.6 Å². The Balaban J connectivity index is 1.92. The topological polar surface area (TPSA) is 94.8 Å². The Kier molecular flexibility index (Phi) is 4.65. The molecule has 0 atom stereocenters. The summed E-state index contributed by atoms with van der Waals surface area (Å²) in [5.41, 5.74) is 2.13. The fraction of sp³-hybridized carbons (Fsp3) is 0.0625. The zero-order chi connectivity index (χ0) is 19.0. The minimum Gasteiger partial charge on any atom is -0.412 e. The second-order valence-electron chi connectivity index (χ2n) is 5.28. The summed E-state index contributed by atoms with van der Waals surface area (Å²) in [5, 5.41) is 12.3. The molecular weight excluding hydrogens is 411 g/mol. The average molecular weight is 421 g/mol. The largest absolute Gasteiger partial charge is 0.412 e. The predicted octanol–water partition coefficient (Wildman–Crippen LogP) is 3.42. The van der Waals surface area contributed by atoms with Gasteiger partial charge in [-0.05, 0) is 18.2 Å². The van der Waals surface area contributed by atoms with E-state index >= 15 is 0 Å². The van der Waals surface area contributed by atoms with Crippen LogP contribution in [0.15, 0.2) is 40.8 Å². The van der Waals surface area contributed by atoms with Crippen molar-refractivity contribution in [2.45, 2.75) is 0 Å². The maximum Gasteiger partial charge on any atom is 0.293 e. The van der Waals surface area contributed by atoms with Crippen LogP contribution in [0.1, 0.15) is 0 Å². The molecule has 8 nitrogen and oxygen atoms in total. The molecule has 0 aliphatic heterocycles. The molecule has 0 spiro atoms. The molecule has 0 unspecified atom stereocenters. The first-order valence-electron chi connectivity index (χ1n) is 7.53. The van der Waals surface area contributed by atoms with E-state index in [1.807, 2.05) is 0 Å². The van der Waals surface area contributed by atoms with Gasteiger partial charge >= 0.3 is 0 Å². The van der Waals surface area contributed by atoms with Crippen molar-refractivity contribution in [3.63, 3.8) is 0 Å². The summed E-state index contributed by atoms with van der Waals surface area (Å²) in [4.78, 5) is 26.8. The summed E-state index contributed by atoms with van der Waals surface area (Å²) in [6, 6.07) is 6.66. The van der Waals surface area contributed by atoms with E-state index in [2.05, 4.69) is 25.5 Å². The van der Waals surface area contributed by atoms with Crippen LogP contribution in [0.5, 0.6) is 0 Å². The van der Waals surface area contributed by atoms with E-state index in [0.29, 0.717) is 26.1 Å². The molecule has 0 amide bonds. The lowest BCUT2D eigenvalue weighted by Crippen LogP contribution is -2.27. The Hall–Kier alpha value is -2.75. The first-order valence-corrected chi connectivity index (χ1v) is 9.17. The van der Waals surface area contributed by atoms with Crippen LogP contribution in [-0.2, 0) is 0 Å². The average Bonchev–Trinajstić information content (AvgIpc) is 3.15. The van der Waals surface area contributed by atoms with Crippen molar-refractivity contribution >= 4 is 56.7 Å².